The van der Waals surface area contributed by atoms with Crippen LogP contribution in [-0.2, 0) is 32.8 Å². The van der Waals surface area contributed by atoms with Crippen molar-refractivity contribution in [2.75, 3.05) is 27.2 Å². The van der Waals surface area contributed by atoms with Crippen LogP contribution in [0.3, 0.4) is 0 Å². The summed E-state index contributed by atoms with van der Waals surface area (Å²) in [6.07, 6.45) is 0. The van der Waals surface area contributed by atoms with Gasteiger partial charge >= 0.3 is 21.7 Å². The number of hydrogen-bond donors (Lipinski definition) is 2. The zero-order chi connectivity index (χ0) is 48.3. The number of phenolic OH excluding ortho intramolecular Hbond substituents is 2. The summed E-state index contributed by atoms with van der Waals surface area (Å²) in [5, 5.41) is 29.7. The molecular formula is C62H64N4O2Ti+. The van der Waals surface area contributed by atoms with Crippen molar-refractivity contribution in [2.45, 2.75) is 52.6 Å². The van der Waals surface area contributed by atoms with Crippen molar-refractivity contribution in [1.82, 2.24) is 18.9 Å². The van der Waals surface area contributed by atoms with Gasteiger partial charge in [0.05, 0.1) is 33.4 Å². The molecule has 0 fully saturated rings. The number of para-hydroxylation sites is 4. The smallest absolute Gasteiger partial charge is 0.505 e. The number of fused-ring (bicyclic) bond motifs is 6. The minimum atomic E-state index is -0.688. The second-order valence-corrected chi connectivity index (χ2v) is 19.1. The van der Waals surface area contributed by atoms with Crippen molar-refractivity contribution in [3.63, 3.8) is 0 Å². The molecule has 10 rings (SSSR count). The first kappa shape index (κ1) is 50.2. The Bertz CT molecular complexity index is 3020. The number of likely N-dealkylation sites (N-methyl/N-ethyl adjacent to an activating group) is 1. The summed E-state index contributed by atoms with van der Waals surface area (Å²) in [6.45, 7) is 21.9. The van der Waals surface area contributed by atoms with E-state index in [-0.39, 0.29) is 33.2 Å². The monoisotopic (exact) mass is 944 g/mol. The van der Waals surface area contributed by atoms with Crippen LogP contribution in [0.5, 0.6) is 11.5 Å². The molecule has 8 aromatic carbocycles. The van der Waals surface area contributed by atoms with Crippen molar-refractivity contribution in [3.8, 4) is 22.9 Å². The van der Waals surface area contributed by atoms with E-state index >= 15 is 0 Å². The molecule has 1 radical (unpaired) electrons. The van der Waals surface area contributed by atoms with E-state index in [9.17, 15) is 10.2 Å². The second-order valence-electron chi connectivity index (χ2n) is 19.1. The Kier molecular flexibility index (Phi) is 15.2. The Morgan fingerprint density at radius 1 is 0.435 bits per heavy atom. The summed E-state index contributed by atoms with van der Waals surface area (Å²) in [6, 6.07) is 61.8. The van der Waals surface area contributed by atoms with E-state index in [0.29, 0.717) is 6.54 Å². The summed E-state index contributed by atoms with van der Waals surface area (Å²) in [5.74, 6) is 0.504. The zero-order valence-corrected chi connectivity index (χ0v) is 42.9. The van der Waals surface area contributed by atoms with Crippen LogP contribution in [0.15, 0.2) is 182 Å². The van der Waals surface area contributed by atoms with Crippen LogP contribution < -0.4 is 0 Å². The standard InChI is InChI=1S/C48H50N4O2.2C7H7.Ti/c1-31-27-37(45(53)43(29-31)51-39-21-13-9-17-33(39)34-18-10-14-22-40(34)51)47(3,4)50(26-25-49(7)8)48(5,6)38-28-32(2)30-44(46(38)54)52-41-23-15-11-19-35(41)36-20-12-16-24-42(36)52;2*1-7-5-3-2-4-6-7;/h9-24,27-30,53-54H,25-26H2,1-8H3;2*2-6H,1H2;/q;2*-1;+3. The quantitative estimate of drug-likeness (QED) is 0.112. The van der Waals surface area contributed by atoms with Gasteiger partial charge in [0.1, 0.15) is 11.5 Å². The Hall–Kier alpha value is -6.67. The predicted molar refractivity (Wildman–Crippen MR) is 287 cm³/mol. The van der Waals surface area contributed by atoms with Crippen molar-refractivity contribution < 1.29 is 31.9 Å². The van der Waals surface area contributed by atoms with Gasteiger partial charge in [0.25, 0.3) is 0 Å². The van der Waals surface area contributed by atoms with Gasteiger partial charge in [0, 0.05) is 56.8 Å². The van der Waals surface area contributed by atoms with Gasteiger partial charge in [0.2, 0.25) is 0 Å². The van der Waals surface area contributed by atoms with E-state index in [1.807, 2.05) is 60.7 Å². The number of rotatable bonds is 9. The van der Waals surface area contributed by atoms with Gasteiger partial charge in [0.15, 0.2) is 0 Å². The molecular weight excluding hydrogens is 881 g/mol. The van der Waals surface area contributed by atoms with E-state index in [4.69, 9.17) is 0 Å². The maximum atomic E-state index is 12.6. The number of aryl methyl sites for hydroxylation is 2. The second kappa shape index (κ2) is 20.9. The summed E-state index contributed by atoms with van der Waals surface area (Å²) >= 11 is 0. The first-order valence-electron chi connectivity index (χ1n) is 23.4. The number of benzene rings is 8. The molecule has 2 N–H and O–H groups in total. The minimum absolute atomic E-state index is 0. The van der Waals surface area contributed by atoms with Crippen LogP contribution in [0, 0.1) is 27.7 Å². The van der Waals surface area contributed by atoms with E-state index in [1.165, 1.54) is 0 Å². The maximum absolute atomic E-state index is 12.6. The van der Waals surface area contributed by atoms with Crippen molar-refractivity contribution in [3.05, 3.63) is 229 Å². The van der Waals surface area contributed by atoms with Gasteiger partial charge in [-0.25, -0.2) is 0 Å². The van der Waals surface area contributed by atoms with E-state index in [2.05, 4.69) is 210 Å². The van der Waals surface area contributed by atoms with Crippen LogP contribution in [0.4, 0.5) is 0 Å². The molecule has 0 atom stereocenters. The van der Waals surface area contributed by atoms with E-state index in [1.54, 1.807) is 0 Å². The number of aromatic hydroxyl groups is 2. The molecule has 0 amide bonds. The normalized spacial score (nSPS) is 11.7. The van der Waals surface area contributed by atoms with Crippen LogP contribution in [0.1, 0.15) is 61.1 Å². The average molecular weight is 945 g/mol. The molecule has 347 valence electrons. The Morgan fingerprint density at radius 2 is 0.725 bits per heavy atom. The van der Waals surface area contributed by atoms with Crippen LogP contribution in [-0.4, -0.2) is 56.3 Å². The number of hydrogen-bond acceptors (Lipinski definition) is 4. The molecule has 7 heteroatoms. The number of phenols is 2. The fraction of sp³-hybridized carbons (Fsp3) is 0.194. The SMILES string of the molecule is Cc1cc(-n2c3ccccc3c3ccccc32)c(O)c(C(C)(C)N(CCN(C)C)C(C)(C)c2cc(C)cc(-n3c4ccccc4c4ccccc43)c2O)c1.[CH2-]c1ccccc1.[CH2-]c1ccccc1.[Ti+3]. The summed E-state index contributed by atoms with van der Waals surface area (Å²) in [4.78, 5) is 4.65. The molecule has 6 nitrogen and oxygen atoms in total. The Balaban J connectivity index is 0.000000402. The van der Waals surface area contributed by atoms with Gasteiger partial charge in [-0.2, -0.15) is 49.2 Å². The number of nitrogens with zero attached hydrogens (tertiary/aromatic N) is 4. The van der Waals surface area contributed by atoms with Gasteiger partial charge < -0.3 is 24.2 Å². The fourth-order valence-electron chi connectivity index (χ4n) is 9.96. The van der Waals surface area contributed by atoms with Crippen molar-refractivity contribution >= 4 is 43.6 Å². The molecule has 0 spiro atoms. The average Bonchev–Trinajstić information content (AvgIpc) is 3.84. The topological polar surface area (TPSA) is 56.8 Å². The Labute approximate surface area is 424 Å². The van der Waals surface area contributed by atoms with Crippen LogP contribution >= 0.6 is 0 Å². The summed E-state index contributed by atoms with van der Waals surface area (Å²) in [7, 11) is 4.18. The van der Waals surface area contributed by atoms with E-state index < -0.39 is 11.1 Å². The Morgan fingerprint density at radius 3 is 1.00 bits per heavy atom. The molecule has 69 heavy (non-hydrogen) atoms. The molecule has 0 unspecified atom stereocenters. The zero-order valence-electron chi connectivity index (χ0n) is 41.3. The molecule has 0 saturated heterocycles. The van der Waals surface area contributed by atoms with Crippen LogP contribution in [0.2, 0.25) is 0 Å². The third-order valence-corrected chi connectivity index (χ3v) is 13.2. The first-order chi connectivity index (χ1) is 32.6. The molecule has 0 aliphatic carbocycles. The van der Waals surface area contributed by atoms with Gasteiger partial charge in [-0.1, -0.05) is 97.1 Å². The van der Waals surface area contributed by atoms with Gasteiger partial charge in [-0.15, -0.1) is 24.3 Å². The van der Waals surface area contributed by atoms with Gasteiger partial charge in [-0.3, -0.25) is 4.90 Å². The first-order valence-corrected chi connectivity index (χ1v) is 23.4. The molecule has 0 aliphatic rings. The maximum Gasteiger partial charge on any atom is 3.00 e. The van der Waals surface area contributed by atoms with Gasteiger partial charge in [-0.05, 0) is 103 Å². The van der Waals surface area contributed by atoms with Crippen LogP contribution in [0.25, 0.3) is 55.0 Å². The third kappa shape index (κ3) is 10.1. The summed E-state index contributed by atoms with van der Waals surface area (Å²) < 4.78 is 4.40. The van der Waals surface area contributed by atoms with Crippen molar-refractivity contribution in [2.24, 2.45) is 0 Å². The molecule has 2 aromatic heterocycles. The number of aromatic nitrogens is 2. The fourth-order valence-corrected chi connectivity index (χ4v) is 9.96. The molecule has 10 aromatic rings. The summed E-state index contributed by atoms with van der Waals surface area (Å²) in [5.41, 5.74) is 10.3. The molecule has 0 saturated carbocycles. The third-order valence-electron chi connectivity index (χ3n) is 13.2. The minimum Gasteiger partial charge on any atom is -0.505 e. The van der Waals surface area contributed by atoms with Crippen molar-refractivity contribution in [1.29, 1.82) is 0 Å². The molecule has 2 heterocycles. The van der Waals surface area contributed by atoms with E-state index in [0.717, 1.165) is 94.9 Å². The molecule has 0 bridgehead atoms. The largest absolute Gasteiger partial charge is 3.00 e. The predicted octanol–water partition coefficient (Wildman–Crippen LogP) is 14.7. The molecule has 0 aliphatic heterocycles.